The van der Waals surface area contributed by atoms with Gasteiger partial charge in [0.15, 0.2) is 0 Å². The molecule has 0 unspecified atom stereocenters. The molecule has 1 aliphatic rings. The predicted octanol–water partition coefficient (Wildman–Crippen LogP) is 2.33. The molecule has 1 fully saturated rings. The van der Waals surface area contributed by atoms with Crippen molar-refractivity contribution >= 4 is 12.2 Å². The van der Waals surface area contributed by atoms with Crippen molar-refractivity contribution < 1.29 is 9.53 Å². The summed E-state index contributed by atoms with van der Waals surface area (Å²) in [5, 5.41) is 7.67. The van der Waals surface area contributed by atoms with Crippen LogP contribution in [-0.2, 0) is 9.53 Å². The van der Waals surface area contributed by atoms with Gasteiger partial charge in [0, 0.05) is 6.21 Å². The molecule has 1 N–H and O–H groups in total. The average Bonchev–Trinajstić information content (AvgIpc) is 2.38. The Morgan fingerprint density at radius 2 is 2.06 bits per heavy atom. The molecular weight excluding hydrogens is 228 g/mol. The van der Waals surface area contributed by atoms with E-state index in [9.17, 15) is 4.79 Å². The largest absolute Gasteiger partial charge is 0.466 e. The van der Waals surface area contributed by atoms with Crippen LogP contribution in [0.25, 0.3) is 0 Å². The molecule has 0 aromatic heterocycles. The van der Waals surface area contributed by atoms with Crippen LogP contribution >= 0.6 is 0 Å². The van der Waals surface area contributed by atoms with Gasteiger partial charge >= 0.3 is 5.97 Å². The third kappa shape index (κ3) is 3.10. The molecule has 0 bridgehead atoms. The summed E-state index contributed by atoms with van der Waals surface area (Å²) in [6, 6.07) is 0. The number of nitrogens with zero attached hydrogens (tertiary/aromatic N) is 1. The van der Waals surface area contributed by atoms with Gasteiger partial charge in [0.25, 0.3) is 0 Å². The first-order valence-electron chi connectivity index (χ1n) is 6.89. The number of hydrogen-bond acceptors (Lipinski definition) is 4. The van der Waals surface area contributed by atoms with Gasteiger partial charge in [-0.25, -0.2) is 0 Å². The minimum Gasteiger partial charge on any atom is -0.466 e. The van der Waals surface area contributed by atoms with E-state index in [4.69, 9.17) is 10.1 Å². The van der Waals surface area contributed by atoms with E-state index in [1.807, 2.05) is 6.92 Å². The lowest BCUT2D eigenvalue weighted by Crippen LogP contribution is -2.54. The van der Waals surface area contributed by atoms with Crippen LogP contribution in [0.5, 0.6) is 0 Å². The number of piperidine rings is 1. The highest BCUT2D eigenvalue weighted by molar-refractivity contribution is 5.72. The Hall–Kier alpha value is -0.900. The summed E-state index contributed by atoms with van der Waals surface area (Å²) in [5.74, 6) is 0.385. The third-order valence-electron chi connectivity index (χ3n) is 4.26. The van der Waals surface area contributed by atoms with Gasteiger partial charge < -0.3 is 10.1 Å². The van der Waals surface area contributed by atoms with E-state index in [1.54, 1.807) is 6.21 Å². The first kappa shape index (κ1) is 15.2. The van der Waals surface area contributed by atoms with Gasteiger partial charge in [-0.05, 0) is 45.7 Å². The van der Waals surface area contributed by atoms with E-state index in [1.165, 1.54) is 0 Å². The first-order valence-corrected chi connectivity index (χ1v) is 6.89. The molecule has 4 nitrogen and oxygen atoms in total. The summed E-state index contributed by atoms with van der Waals surface area (Å²) in [7, 11) is 0. The molecule has 104 valence electrons. The molecule has 0 aromatic carbocycles. The smallest absolute Gasteiger partial charge is 0.309 e. The fourth-order valence-corrected chi connectivity index (χ4v) is 2.48. The van der Waals surface area contributed by atoms with Crippen molar-refractivity contribution in [1.29, 1.82) is 5.41 Å². The molecule has 18 heavy (non-hydrogen) atoms. The van der Waals surface area contributed by atoms with E-state index in [-0.39, 0.29) is 17.4 Å². The zero-order valence-corrected chi connectivity index (χ0v) is 12.0. The standard InChI is InChI=1S/C14H26N2O2/c1-5-18-13(17)12-6-8-16(9-7-12)14(4,10-15)11(2)3/h10-12,15H,5-9H2,1-4H3/t14-/m0/s1. The normalized spacial score (nSPS) is 21.6. The summed E-state index contributed by atoms with van der Waals surface area (Å²) >= 11 is 0. The Labute approximate surface area is 110 Å². The van der Waals surface area contributed by atoms with E-state index in [0.29, 0.717) is 12.5 Å². The second-order valence-electron chi connectivity index (χ2n) is 5.54. The number of ether oxygens (including phenoxy) is 1. The van der Waals surface area contributed by atoms with Gasteiger partial charge in [0.1, 0.15) is 0 Å². The molecule has 1 rings (SSSR count). The van der Waals surface area contributed by atoms with Crippen LogP contribution in [0.15, 0.2) is 0 Å². The van der Waals surface area contributed by atoms with E-state index < -0.39 is 0 Å². The van der Waals surface area contributed by atoms with Gasteiger partial charge in [-0.2, -0.15) is 0 Å². The molecule has 1 aliphatic heterocycles. The maximum absolute atomic E-state index is 11.7. The molecular formula is C14H26N2O2. The molecule has 0 saturated carbocycles. The Morgan fingerprint density at radius 1 is 1.50 bits per heavy atom. The highest BCUT2D eigenvalue weighted by atomic mass is 16.5. The Kier molecular flexibility index (Phi) is 5.32. The van der Waals surface area contributed by atoms with Gasteiger partial charge in [0.05, 0.1) is 18.1 Å². The zero-order chi connectivity index (χ0) is 13.8. The van der Waals surface area contributed by atoms with Crippen molar-refractivity contribution in [3.63, 3.8) is 0 Å². The van der Waals surface area contributed by atoms with Crippen LogP contribution in [0.3, 0.4) is 0 Å². The maximum atomic E-state index is 11.7. The number of likely N-dealkylation sites (tertiary alicyclic amines) is 1. The molecule has 0 radical (unpaired) electrons. The minimum absolute atomic E-state index is 0.0448. The van der Waals surface area contributed by atoms with Crippen molar-refractivity contribution in [3.8, 4) is 0 Å². The van der Waals surface area contributed by atoms with Crippen molar-refractivity contribution in [3.05, 3.63) is 0 Å². The fraction of sp³-hybridized carbons (Fsp3) is 0.857. The molecule has 0 amide bonds. The Morgan fingerprint density at radius 3 is 2.44 bits per heavy atom. The van der Waals surface area contributed by atoms with Crippen LogP contribution in [0.2, 0.25) is 0 Å². The lowest BCUT2D eigenvalue weighted by molar-refractivity contribution is -0.150. The Balaban J connectivity index is 2.58. The van der Waals surface area contributed by atoms with Crippen LogP contribution in [-0.4, -0.2) is 42.3 Å². The number of hydrogen-bond donors (Lipinski definition) is 1. The number of esters is 1. The Bertz CT molecular complexity index is 296. The number of carbonyl (C=O) groups excluding carboxylic acids is 1. The number of nitrogens with one attached hydrogen (secondary N) is 1. The average molecular weight is 254 g/mol. The van der Waals surface area contributed by atoms with Crippen LogP contribution in [0.4, 0.5) is 0 Å². The lowest BCUT2D eigenvalue weighted by Gasteiger charge is -2.44. The van der Waals surface area contributed by atoms with E-state index >= 15 is 0 Å². The van der Waals surface area contributed by atoms with Gasteiger partial charge in [-0.1, -0.05) is 13.8 Å². The van der Waals surface area contributed by atoms with Gasteiger partial charge in [-0.15, -0.1) is 0 Å². The molecule has 1 heterocycles. The lowest BCUT2D eigenvalue weighted by atomic mass is 9.84. The summed E-state index contributed by atoms with van der Waals surface area (Å²) in [4.78, 5) is 14.0. The molecule has 1 saturated heterocycles. The molecule has 0 spiro atoms. The topological polar surface area (TPSA) is 53.4 Å². The number of rotatable bonds is 5. The third-order valence-corrected chi connectivity index (χ3v) is 4.26. The maximum Gasteiger partial charge on any atom is 0.309 e. The molecule has 4 heteroatoms. The van der Waals surface area contributed by atoms with Gasteiger partial charge in [0.2, 0.25) is 0 Å². The van der Waals surface area contributed by atoms with Crippen molar-refractivity contribution in [2.45, 2.75) is 46.1 Å². The van der Waals surface area contributed by atoms with Crippen molar-refractivity contribution in [1.82, 2.24) is 4.90 Å². The first-order chi connectivity index (χ1) is 8.45. The summed E-state index contributed by atoms with van der Waals surface area (Å²) in [5.41, 5.74) is -0.195. The summed E-state index contributed by atoms with van der Waals surface area (Å²) in [6.45, 7) is 10.4. The highest BCUT2D eigenvalue weighted by Gasteiger charge is 2.37. The SMILES string of the molecule is CCOC(=O)C1CCN([C@@](C)(C=N)C(C)C)CC1. The second-order valence-corrected chi connectivity index (χ2v) is 5.54. The van der Waals surface area contributed by atoms with E-state index in [0.717, 1.165) is 25.9 Å². The molecule has 1 atom stereocenters. The van der Waals surface area contributed by atoms with Crippen molar-refractivity contribution in [2.75, 3.05) is 19.7 Å². The minimum atomic E-state index is -0.195. The van der Waals surface area contributed by atoms with E-state index in [2.05, 4.69) is 25.7 Å². The molecule has 0 aliphatic carbocycles. The van der Waals surface area contributed by atoms with Gasteiger partial charge in [-0.3, -0.25) is 9.69 Å². The fourth-order valence-electron chi connectivity index (χ4n) is 2.48. The predicted molar refractivity (Wildman–Crippen MR) is 73.0 cm³/mol. The zero-order valence-electron chi connectivity index (χ0n) is 12.0. The second kappa shape index (κ2) is 6.32. The number of carbonyl (C=O) groups is 1. The quantitative estimate of drug-likeness (QED) is 0.605. The van der Waals surface area contributed by atoms with Crippen LogP contribution in [0, 0.1) is 17.2 Å². The van der Waals surface area contributed by atoms with Crippen molar-refractivity contribution in [2.24, 2.45) is 11.8 Å². The van der Waals surface area contributed by atoms with Crippen LogP contribution in [0.1, 0.15) is 40.5 Å². The summed E-state index contributed by atoms with van der Waals surface area (Å²) in [6.07, 6.45) is 3.23. The highest BCUT2D eigenvalue weighted by Crippen LogP contribution is 2.28. The monoisotopic (exact) mass is 254 g/mol. The molecule has 0 aromatic rings. The summed E-state index contributed by atoms with van der Waals surface area (Å²) < 4.78 is 5.07. The van der Waals surface area contributed by atoms with Crippen LogP contribution < -0.4 is 0 Å².